The minimum atomic E-state index is -2.44. The molecular weight excluding hydrogens is 1100 g/mol. The number of carbonyl (C=O) groups is 4. The molecule has 21 heteroatoms. The smallest absolute Gasteiger partial charge is 0.329 e. The van der Waals surface area contributed by atoms with Crippen molar-refractivity contribution in [2.45, 2.75) is 199 Å². The molecule has 3 saturated heterocycles. The van der Waals surface area contributed by atoms with Crippen LogP contribution in [0, 0.1) is 35.5 Å². The van der Waals surface area contributed by atoms with Gasteiger partial charge in [0.1, 0.15) is 24.4 Å². The molecule has 0 aromatic carbocycles. The number of hydrogen-bond acceptors (Lipinski definition) is 19. The van der Waals surface area contributed by atoms with E-state index in [4.69, 9.17) is 33.5 Å². The van der Waals surface area contributed by atoms with E-state index < -0.39 is 84.1 Å². The summed E-state index contributed by atoms with van der Waals surface area (Å²) in [5.41, 5.74) is 3.57. The lowest BCUT2D eigenvalue weighted by atomic mass is 9.78. The van der Waals surface area contributed by atoms with Crippen LogP contribution in [0.2, 0.25) is 0 Å². The molecule has 1 aromatic rings. The summed E-state index contributed by atoms with van der Waals surface area (Å²) in [7, 11) is 6.76. The van der Waals surface area contributed by atoms with Crippen LogP contribution in [-0.2, 0) is 60.7 Å². The highest BCUT2D eigenvalue weighted by Crippen LogP contribution is 2.38. The number of aromatic nitrogens is 2. The Kier molecular flexibility index (Phi) is 25.5. The molecule has 480 valence electrons. The molecule has 6 aliphatic rings. The number of ketones is 1. The molecule has 4 fully saturated rings. The quantitative estimate of drug-likeness (QED) is 0.0920. The molecule has 7 rings (SSSR count). The van der Waals surface area contributed by atoms with Crippen LogP contribution >= 0.6 is 0 Å². The summed E-state index contributed by atoms with van der Waals surface area (Å²) in [6.07, 6.45) is 13.2. The van der Waals surface area contributed by atoms with Gasteiger partial charge in [0, 0.05) is 116 Å². The maximum Gasteiger partial charge on any atom is 0.329 e. The number of oxime groups is 1. The van der Waals surface area contributed by atoms with Gasteiger partial charge >= 0.3 is 5.97 Å². The zero-order valence-corrected chi connectivity index (χ0v) is 53.1. The topological polar surface area (TPSA) is 256 Å². The second-order valence-corrected chi connectivity index (χ2v) is 25.7. The number of amides is 2. The average molecular weight is 1200 g/mol. The molecule has 1 aromatic heterocycles. The number of likely N-dealkylation sites (N-methyl/N-ethyl adjacent to an activating group) is 1. The molecule has 1 aliphatic carbocycles. The molecule has 0 unspecified atom stereocenters. The molecule has 21 nitrogen and oxygen atoms in total. The van der Waals surface area contributed by atoms with Gasteiger partial charge in [-0.3, -0.25) is 14.4 Å². The SMILES string of the molecule is CO[C@H]1C[C@@H]2CC[C@@H](C)[C@@](O)(O2)C(=O)C(=O)N2CCCC[C@H]2C(=O)O[C@H]([C@H](C)C[C@@H]2CC[C@@H](O)[C@H](OC)C2)C[C@@H](O)[C@H](C)/C=C(\C)[C@@H](O)[C@@H](OC)/C(=N/OCC(=O)N2CCc3nc(N4CCN(C)CC4)ncc3C2)[C@H](C)C[C@H](C)/C=C/C=C/C=C/1C. The fraction of sp³-hybridized carbons (Fsp3) is 0.738. The molecular formula is C65H101N7O14. The van der Waals surface area contributed by atoms with E-state index >= 15 is 0 Å². The number of hydrogen-bond donors (Lipinski definition) is 4. The lowest BCUT2D eigenvalue weighted by molar-refractivity contribution is -0.265. The summed E-state index contributed by atoms with van der Waals surface area (Å²) in [5.74, 6) is -6.69. The van der Waals surface area contributed by atoms with E-state index in [9.17, 15) is 39.6 Å². The molecule has 86 heavy (non-hydrogen) atoms. The Balaban J connectivity index is 1.16. The molecule has 5 aliphatic heterocycles. The largest absolute Gasteiger partial charge is 0.460 e. The van der Waals surface area contributed by atoms with Crippen LogP contribution < -0.4 is 4.90 Å². The third-order valence-corrected chi connectivity index (χ3v) is 19.1. The Morgan fingerprint density at radius 1 is 0.849 bits per heavy atom. The number of aliphatic hydroxyl groups excluding tert-OH is 3. The van der Waals surface area contributed by atoms with Crippen LogP contribution in [0.1, 0.15) is 137 Å². The fourth-order valence-corrected chi connectivity index (χ4v) is 13.3. The van der Waals surface area contributed by atoms with Crippen molar-refractivity contribution in [2.75, 3.05) is 79.2 Å². The predicted molar refractivity (Wildman–Crippen MR) is 325 cm³/mol. The highest BCUT2D eigenvalue weighted by molar-refractivity contribution is 6.39. The van der Waals surface area contributed by atoms with Gasteiger partial charge < -0.3 is 68.5 Å². The van der Waals surface area contributed by atoms with Gasteiger partial charge in [0.2, 0.25) is 11.7 Å². The Labute approximate surface area is 510 Å². The monoisotopic (exact) mass is 1200 g/mol. The number of carbonyl (C=O) groups excluding carboxylic acids is 4. The summed E-state index contributed by atoms with van der Waals surface area (Å²) < 4.78 is 30.3. The maximum atomic E-state index is 14.7. The summed E-state index contributed by atoms with van der Waals surface area (Å²) in [4.78, 5) is 80.3. The van der Waals surface area contributed by atoms with E-state index in [-0.39, 0.29) is 61.7 Å². The Morgan fingerprint density at radius 3 is 2.33 bits per heavy atom. The minimum absolute atomic E-state index is 0.00123. The van der Waals surface area contributed by atoms with Crippen molar-refractivity contribution in [3.8, 4) is 0 Å². The lowest BCUT2D eigenvalue weighted by Crippen LogP contribution is -2.61. The number of anilines is 1. The van der Waals surface area contributed by atoms with E-state index in [1.54, 1.807) is 39.0 Å². The third kappa shape index (κ3) is 17.7. The Morgan fingerprint density at radius 2 is 1.60 bits per heavy atom. The van der Waals surface area contributed by atoms with Gasteiger partial charge in [0.25, 0.3) is 17.6 Å². The van der Waals surface area contributed by atoms with Gasteiger partial charge in [-0.25, -0.2) is 14.8 Å². The van der Waals surface area contributed by atoms with Crippen LogP contribution in [0.25, 0.3) is 0 Å². The van der Waals surface area contributed by atoms with Crippen molar-refractivity contribution in [1.29, 1.82) is 0 Å². The number of esters is 1. The van der Waals surface area contributed by atoms with Gasteiger partial charge in [-0.15, -0.1) is 0 Å². The standard InChI is InChI=1S/C65H101N7O14/c1-40-17-13-12-14-18-41(2)54(81-9)35-49-22-20-46(7)65(80,86-49)61(77)62(78)72-25-16-15-19-51(72)63(79)85-55(43(4)33-47-21-23-52(73)56(34-47)82-10)36-53(74)42(3)32-45(6)59(76)60(83-11)58(44(5)31-40)68-84-39-57(75)71-26-24-50-48(38-71)37-66-64(67-50)70-29-27-69(8)28-30-70/h12-14,17-18,32,37,40,42-44,46-47,49,51-56,59-60,73-74,76,80H,15-16,19-31,33-36,38-39H2,1-11H3/b14-12+,17-13+,41-18+,45-32+,68-58+/t40-,42-,43-,44-,46-,47+,49+,51+,52-,53-,54+,55+,56-,59-,60+,65-/m1/s1. The molecule has 1 saturated carbocycles. The second-order valence-electron chi connectivity index (χ2n) is 25.7. The van der Waals surface area contributed by atoms with Crippen LogP contribution in [0.15, 0.2) is 59.0 Å². The number of Topliss-reactive ketones (excluding diaryl/α,β-unsaturated/α-hetero) is 1. The first-order valence-corrected chi connectivity index (χ1v) is 31.6. The van der Waals surface area contributed by atoms with E-state index in [0.717, 1.165) is 49.4 Å². The number of rotatable bonds is 10. The molecule has 0 spiro atoms. The van der Waals surface area contributed by atoms with Crippen molar-refractivity contribution in [1.82, 2.24) is 24.7 Å². The minimum Gasteiger partial charge on any atom is -0.460 e. The van der Waals surface area contributed by atoms with Crippen LogP contribution in [0.3, 0.4) is 0 Å². The number of aliphatic hydroxyl groups is 4. The Bertz CT molecular complexity index is 2590. The first kappa shape index (κ1) is 68.5. The summed E-state index contributed by atoms with van der Waals surface area (Å²) in [6, 6.07) is -1.14. The zero-order chi connectivity index (χ0) is 62.4. The van der Waals surface area contributed by atoms with Crippen molar-refractivity contribution in [3.63, 3.8) is 0 Å². The highest BCUT2D eigenvalue weighted by atomic mass is 16.6. The highest BCUT2D eigenvalue weighted by Gasteiger charge is 2.53. The van der Waals surface area contributed by atoms with Crippen molar-refractivity contribution in [2.24, 2.45) is 40.7 Å². The summed E-state index contributed by atoms with van der Waals surface area (Å²) in [5, 5.41) is 51.8. The molecule has 6 heterocycles. The average Bonchev–Trinajstić information content (AvgIpc) is 1.30. The van der Waals surface area contributed by atoms with Crippen LogP contribution in [0.5, 0.6) is 0 Å². The van der Waals surface area contributed by atoms with Gasteiger partial charge in [-0.05, 0) is 114 Å². The second kappa shape index (κ2) is 32.0. The van der Waals surface area contributed by atoms with Gasteiger partial charge in [0.05, 0.1) is 41.9 Å². The normalized spacial score (nSPS) is 36.8. The van der Waals surface area contributed by atoms with Crippen LogP contribution in [0.4, 0.5) is 5.95 Å². The molecule has 4 N–H and O–H groups in total. The molecule has 16 atom stereocenters. The molecule has 2 amide bonds. The first-order valence-electron chi connectivity index (χ1n) is 31.6. The maximum absolute atomic E-state index is 14.7. The number of ether oxygens (including phenoxy) is 5. The van der Waals surface area contributed by atoms with E-state index in [1.165, 1.54) is 12.0 Å². The van der Waals surface area contributed by atoms with E-state index in [1.807, 2.05) is 58.2 Å². The van der Waals surface area contributed by atoms with Crippen molar-refractivity contribution in [3.05, 3.63) is 65.1 Å². The summed E-state index contributed by atoms with van der Waals surface area (Å²) in [6.45, 7) is 17.3. The number of allylic oxidation sites excluding steroid dienone is 5. The number of cyclic esters (lactones) is 1. The fourth-order valence-electron chi connectivity index (χ4n) is 13.3. The number of fused-ring (bicyclic) bond motifs is 4. The predicted octanol–water partition coefficient (Wildman–Crippen LogP) is 5.90. The van der Waals surface area contributed by atoms with Crippen LogP contribution in [-0.4, -0.2) is 209 Å². The van der Waals surface area contributed by atoms with E-state index in [2.05, 4.69) is 40.0 Å². The molecule has 2 bridgehead atoms. The summed E-state index contributed by atoms with van der Waals surface area (Å²) >= 11 is 0. The first-order chi connectivity index (χ1) is 41.0. The number of methoxy groups -OCH3 is 3. The van der Waals surface area contributed by atoms with Crippen molar-refractivity contribution >= 4 is 35.2 Å². The molecule has 0 radical (unpaired) electrons. The number of piperidine rings is 1. The lowest BCUT2D eigenvalue weighted by Gasteiger charge is -2.43. The number of piperazine rings is 1. The van der Waals surface area contributed by atoms with Gasteiger partial charge in [-0.2, -0.15) is 0 Å². The zero-order valence-electron chi connectivity index (χ0n) is 53.1. The van der Waals surface area contributed by atoms with E-state index in [0.29, 0.717) is 94.5 Å². The number of nitrogens with zero attached hydrogens (tertiary/aromatic N) is 7. The Hall–Kier alpha value is -4.97. The van der Waals surface area contributed by atoms with Crippen molar-refractivity contribution < 1.29 is 68.1 Å². The van der Waals surface area contributed by atoms with Gasteiger partial charge in [0.15, 0.2) is 6.61 Å². The van der Waals surface area contributed by atoms with Gasteiger partial charge in [-0.1, -0.05) is 76.2 Å². The third-order valence-electron chi connectivity index (χ3n) is 19.1.